The van der Waals surface area contributed by atoms with Crippen molar-refractivity contribution in [1.29, 1.82) is 0 Å². The normalized spacial score (nSPS) is 27.8. The van der Waals surface area contributed by atoms with Crippen molar-refractivity contribution in [3.05, 3.63) is 0 Å². The molecule has 0 bridgehead atoms. The first-order chi connectivity index (χ1) is 6.40. The van der Waals surface area contributed by atoms with Crippen LogP contribution in [0, 0.1) is 0 Å². The Morgan fingerprint density at radius 2 is 2.00 bits per heavy atom. The second kappa shape index (κ2) is 2.89. The monoisotopic (exact) mass is 204 g/mol. The Kier molecular flexibility index (Phi) is 2.03. The summed E-state index contributed by atoms with van der Waals surface area (Å²) in [5.41, 5.74) is 5.37. The van der Waals surface area contributed by atoms with Gasteiger partial charge in [0.1, 0.15) is 0 Å². The molecule has 2 N–H and O–H groups in total. The van der Waals surface area contributed by atoms with Crippen LogP contribution in [0.5, 0.6) is 0 Å². The van der Waals surface area contributed by atoms with E-state index in [-0.39, 0.29) is 30.8 Å². The number of rotatable bonds is 2. The van der Waals surface area contributed by atoms with E-state index in [2.05, 4.69) is 0 Å². The highest BCUT2D eigenvalue weighted by molar-refractivity contribution is 5.78. The molecule has 0 aromatic rings. The number of carbonyl (C=O) groups excluding carboxylic acids is 1. The summed E-state index contributed by atoms with van der Waals surface area (Å²) in [6.45, 7) is -0.260. The first kappa shape index (κ1) is 9.83. The third-order valence-electron chi connectivity index (χ3n) is 2.92. The van der Waals surface area contributed by atoms with Crippen molar-refractivity contribution in [1.82, 2.24) is 4.90 Å². The maximum Gasteiger partial charge on any atom is 0.267 e. The van der Waals surface area contributed by atoms with Gasteiger partial charge in [-0.1, -0.05) is 0 Å². The molecule has 14 heavy (non-hydrogen) atoms. The van der Waals surface area contributed by atoms with Crippen LogP contribution in [-0.2, 0) is 4.79 Å². The highest BCUT2D eigenvalue weighted by atomic mass is 19.3. The van der Waals surface area contributed by atoms with E-state index in [4.69, 9.17) is 5.73 Å². The number of hydrogen-bond acceptors (Lipinski definition) is 2. The Balaban J connectivity index is 1.87. The van der Waals surface area contributed by atoms with Crippen LogP contribution in [0.25, 0.3) is 0 Å². The van der Waals surface area contributed by atoms with Gasteiger partial charge in [0.05, 0.1) is 6.54 Å². The summed E-state index contributed by atoms with van der Waals surface area (Å²) in [5, 5.41) is 0. The second-order valence-electron chi connectivity index (χ2n) is 4.46. The van der Waals surface area contributed by atoms with Gasteiger partial charge in [0.2, 0.25) is 5.91 Å². The molecule has 0 radical (unpaired) electrons. The Bertz CT molecular complexity index is 264. The highest BCUT2D eigenvalue weighted by Crippen LogP contribution is 2.37. The van der Waals surface area contributed by atoms with E-state index < -0.39 is 12.5 Å². The molecule has 1 aliphatic carbocycles. The van der Waals surface area contributed by atoms with E-state index in [9.17, 15) is 13.6 Å². The first-order valence-electron chi connectivity index (χ1n) is 4.85. The minimum atomic E-state index is -2.69. The molecular formula is C9H14F2N2O. The summed E-state index contributed by atoms with van der Waals surface area (Å²) in [5.74, 6) is -2.91. The molecule has 1 saturated carbocycles. The smallest absolute Gasteiger partial charge is 0.267 e. The van der Waals surface area contributed by atoms with Gasteiger partial charge >= 0.3 is 0 Å². The summed E-state index contributed by atoms with van der Waals surface area (Å²) in [6.07, 6.45) is 1.69. The highest BCUT2D eigenvalue weighted by Gasteiger charge is 2.45. The molecule has 80 valence electrons. The molecule has 0 spiro atoms. The van der Waals surface area contributed by atoms with Crippen LogP contribution in [0.4, 0.5) is 8.78 Å². The molecule has 5 heteroatoms. The third kappa shape index (κ3) is 2.03. The molecule has 0 aromatic heterocycles. The number of amides is 1. The van der Waals surface area contributed by atoms with Crippen LogP contribution in [0.3, 0.4) is 0 Å². The Labute approximate surface area is 81.2 Å². The van der Waals surface area contributed by atoms with Gasteiger partial charge in [0.25, 0.3) is 5.92 Å². The lowest BCUT2D eigenvalue weighted by molar-refractivity contribution is -0.132. The fourth-order valence-corrected chi connectivity index (χ4v) is 1.70. The minimum Gasteiger partial charge on any atom is -0.336 e. The number of hydrogen-bond donors (Lipinski definition) is 1. The summed E-state index contributed by atoms with van der Waals surface area (Å²) in [7, 11) is 0. The van der Waals surface area contributed by atoms with Crippen molar-refractivity contribution >= 4 is 5.91 Å². The second-order valence-corrected chi connectivity index (χ2v) is 4.46. The van der Waals surface area contributed by atoms with Crippen LogP contribution >= 0.6 is 0 Å². The Hall–Kier alpha value is -0.710. The van der Waals surface area contributed by atoms with E-state index in [1.165, 1.54) is 4.90 Å². The van der Waals surface area contributed by atoms with Crippen molar-refractivity contribution in [3.63, 3.8) is 0 Å². The molecular weight excluding hydrogens is 190 g/mol. The van der Waals surface area contributed by atoms with Crippen LogP contribution < -0.4 is 5.73 Å². The number of carbonyl (C=O) groups is 1. The summed E-state index contributed by atoms with van der Waals surface area (Å²) < 4.78 is 25.6. The van der Waals surface area contributed by atoms with Gasteiger partial charge < -0.3 is 10.6 Å². The van der Waals surface area contributed by atoms with E-state index in [0.29, 0.717) is 0 Å². The van der Waals surface area contributed by atoms with Crippen LogP contribution in [0.2, 0.25) is 0 Å². The predicted molar refractivity (Wildman–Crippen MR) is 46.9 cm³/mol. The molecule has 1 amide bonds. The molecule has 2 aliphatic rings. The molecule has 0 unspecified atom stereocenters. The maximum atomic E-state index is 12.8. The summed E-state index contributed by atoms with van der Waals surface area (Å²) in [6, 6.07) is 0. The lowest BCUT2D eigenvalue weighted by Gasteiger charge is -2.18. The van der Waals surface area contributed by atoms with Gasteiger partial charge in [-0.2, -0.15) is 0 Å². The largest absolute Gasteiger partial charge is 0.336 e. The quantitative estimate of drug-likeness (QED) is 0.721. The van der Waals surface area contributed by atoms with Crippen LogP contribution in [0.1, 0.15) is 25.7 Å². The fraction of sp³-hybridized carbons (Fsp3) is 0.889. The van der Waals surface area contributed by atoms with Gasteiger partial charge in [-0.3, -0.25) is 4.79 Å². The van der Waals surface area contributed by atoms with Crippen molar-refractivity contribution < 1.29 is 13.6 Å². The molecule has 1 aliphatic heterocycles. The SMILES string of the molecule is NC1(CC(=O)N2CCC(F)(F)C2)CC1. The summed E-state index contributed by atoms with van der Waals surface area (Å²) in [4.78, 5) is 12.7. The molecule has 1 heterocycles. The zero-order valence-corrected chi connectivity index (χ0v) is 7.93. The predicted octanol–water partition coefficient (Wildman–Crippen LogP) is 0.735. The Morgan fingerprint density at radius 1 is 1.36 bits per heavy atom. The molecule has 2 fully saturated rings. The third-order valence-corrected chi connectivity index (χ3v) is 2.92. The topological polar surface area (TPSA) is 46.3 Å². The number of halogens is 2. The van der Waals surface area contributed by atoms with Crippen molar-refractivity contribution in [2.45, 2.75) is 37.1 Å². The van der Waals surface area contributed by atoms with Crippen LogP contribution in [0.15, 0.2) is 0 Å². The summed E-state index contributed by atoms with van der Waals surface area (Å²) >= 11 is 0. The lowest BCUT2D eigenvalue weighted by Crippen LogP contribution is -2.36. The average Bonchev–Trinajstić information content (AvgIpc) is 2.64. The fourth-order valence-electron chi connectivity index (χ4n) is 1.70. The van der Waals surface area contributed by atoms with Gasteiger partial charge in [0, 0.05) is 24.9 Å². The average molecular weight is 204 g/mol. The van der Waals surface area contributed by atoms with E-state index in [1.54, 1.807) is 0 Å². The maximum absolute atomic E-state index is 12.8. The van der Waals surface area contributed by atoms with Crippen molar-refractivity contribution in [3.8, 4) is 0 Å². The van der Waals surface area contributed by atoms with E-state index >= 15 is 0 Å². The zero-order valence-electron chi connectivity index (χ0n) is 7.93. The van der Waals surface area contributed by atoms with Crippen LogP contribution in [-0.4, -0.2) is 35.4 Å². The number of likely N-dealkylation sites (tertiary alicyclic amines) is 1. The molecule has 0 atom stereocenters. The lowest BCUT2D eigenvalue weighted by atomic mass is 10.2. The Morgan fingerprint density at radius 3 is 2.43 bits per heavy atom. The molecule has 2 rings (SSSR count). The zero-order chi connectivity index (χ0) is 10.4. The number of alkyl halides is 2. The van der Waals surface area contributed by atoms with Gasteiger partial charge in [-0.25, -0.2) is 8.78 Å². The standard InChI is InChI=1S/C9H14F2N2O/c10-9(11)3-4-13(6-9)7(14)5-8(12)1-2-8/h1-6,12H2. The van der Waals surface area contributed by atoms with Gasteiger partial charge in [-0.15, -0.1) is 0 Å². The van der Waals surface area contributed by atoms with Gasteiger partial charge in [0.15, 0.2) is 0 Å². The molecule has 0 aromatic carbocycles. The first-order valence-corrected chi connectivity index (χ1v) is 4.85. The molecule has 1 saturated heterocycles. The van der Waals surface area contributed by atoms with Gasteiger partial charge in [-0.05, 0) is 12.8 Å². The van der Waals surface area contributed by atoms with E-state index in [0.717, 1.165) is 12.8 Å². The van der Waals surface area contributed by atoms with Crippen molar-refractivity contribution in [2.24, 2.45) is 5.73 Å². The number of nitrogens with zero attached hydrogens (tertiary/aromatic N) is 1. The minimum absolute atomic E-state index is 0.169. The molecule has 3 nitrogen and oxygen atoms in total. The van der Waals surface area contributed by atoms with E-state index in [1.807, 2.05) is 0 Å². The number of nitrogens with two attached hydrogens (primary N) is 1. The van der Waals surface area contributed by atoms with Crippen molar-refractivity contribution in [2.75, 3.05) is 13.1 Å².